The molecule has 0 aliphatic rings. The molecule has 0 atom stereocenters. The van der Waals surface area contributed by atoms with E-state index in [1.165, 1.54) is 36.2 Å². The van der Waals surface area contributed by atoms with Crippen molar-refractivity contribution in [2.24, 2.45) is 0 Å². The number of carbonyl (C=O) groups excluding carboxylic acids is 1. The number of hydrogen-bond acceptors (Lipinski definition) is 6. The maximum Gasteiger partial charge on any atom is 0.417 e. The molecule has 0 N–H and O–H groups in total. The number of likely N-dealkylation sites (N-methyl/N-ethyl adjacent to an activating group) is 1. The molecule has 0 bridgehead atoms. The van der Waals surface area contributed by atoms with Gasteiger partial charge in [0.05, 0.1) is 27.6 Å². The molecule has 27 heavy (non-hydrogen) atoms. The predicted octanol–water partition coefficient (Wildman–Crippen LogP) is 3.96. The number of non-ortho nitro benzene ring substituents is 1. The number of rotatable bonds is 6. The number of aromatic nitrogens is 1. The zero-order chi connectivity index (χ0) is 20.2. The number of hydrogen-bond donors (Lipinski definition) is 0. The van der Waals surface area contributed by atoms with Crippen molar-refractivity contribution in [3.63, 3.8) is 0 Å². The third-order valence-corrected chi connectivity index (χ3v) is 3.76. The van der Waals surface area contributed by atoms with Crippen molar-refractivity contribution >= 4 is 29.1 Å². The lowest BCUT2D eigenvalue weighted by Gasteiger charge is -2.20. The summed E-state index contributed by atoms with van der Waals surface area (Å²) < 4.78 is 42.9. The minimum absolute atomic E-state index is 0.0919. The molecule has 0 amide bonds. The summed E-state index contributed by atoms with van der Waals surface area (Å²) in [6, 6.07) is 5.64. The predicted molar refractivity (Wildman–Crippen MR) is 90.9 cm³/mol. The van der Waals surface area contributed by atoms with Crippen LogP contribution in [0.5, 0.6) is 0 Å². The molecule has 1 aromatic heterocycles. The Morgan fingerprint density at radius 3 is 2.48 bits per heavy atom. The van der Waals surface area contributed by atoms with Crippen LogP contribution in [0.25, 0.3) is 0 Å². The van der Waals surface area contributed by atoms with Crippen LogP contribution in [0, 0.1) is 10.1 Å². The Morgan fingerprint density at radius 2 is 1.96 bits per heavy atom. The number of esters is 1. The lowest BCUT2D eigenvalue weighted by molar-refractivity contribution is -0.384. The molecule has 0 saturated carbocycles. The van der Waals surface area contributed by atoms with Crippen molar-refractivity contribution in [3.05, 3.63) is 62.8 Å². The highest BCUT2D eigenvalue weighted by Gasteiger charge is 2.31. The Morgan fingerprint density at radius 1 is 1.33 bits per heavy atom. The molecule has 0 unspecified atom stereocenters. The second kappa shape index (κ2) is 8.21. The molecule has 7 nitrogen and oxygen atoms in total. The summed E-state index contributed by atoms with van der Waals surface area (Å²) in [5.74, 6) is -0.583. The Kier molecular flexibility index (Phi) is 6.21. The number of halogens is 4. The summed E-state index contributed by atoms with van der Waals surface area (Å²) >= 11 is 5.84. The molecule has 0 aliphatic heterocycles. The molecule has 144 valence electrons. The Bertz CT molecular complexity index is 844. The molecule has 11 heteroatoms. The highest BCUT2D eigenvalue weighted by molar-refractivity contribution is 6.33. The van der Waals surface area contributed by atoms with Crippen molar-refractivity contribution in [3.8, 4) is 0 Å². The first-order valence-electron chi connectivity index (χ1n) is 7.45. The van der Waals surface area contributed by atoms with E-state index in [1.807, 2.05) is 0 Å². The first kappa shape index (κ1) is 20.4. The van der Waals surface area contributed by atoms with Crippen molar-refractivity contribution in [1.82, 2.24) is 4.98 Å². The van der Waals surface area contributed by atoms with E-state index < -0.39 is 22.6 Å². The van der Waals surface area contributed by atoms with Crippen LogP contribution in [-0.2, 0) is 10.9 Å². The summed E-state index contributed by atoms with van der Waals surface area (Å²) in [5, 5.41) is 10.4. The number of nitrogens with zero attached hydrogens (tertiary/aromatic N) is 3. The molecule has 2 rings (SSSR count). The van der Waals surface area contributed by atoms with Gasteiger partial charge >= 0.3 is 12.1 Å². The highest BCUT2D eigenvalue weighted by atomic mass is 35.5. The fourth-order valence-electron chi connectivity index (χ4n) is 2.05. The van der Waals surface area contributed by atoms with E-state index >= 15 is 0 Å². The lowest BCUT2D eigenvalue weighted by Crippen LogP contribution is -2.25. The van der Waals surface area contributed by atoms with E-state index in [1.54, 1.807) is 0 Å². The molecule has 1 aromatic carbocycles. The van der Waals surface area contributed by atoms with Crippen molar-refractivity contribution in [2.75, 3.05) is 25.1 Å². The molecular formula is C16H13ClF3N3O4. The van der Waals surface area contributed by atoms with Crippen LogP contribution in [0.2, 0.25) is 5.02 Å². The van der Waals surface area contributed by atoms with Crippen LogP contribution in [0.15, 0.2) is 36.5 Å². The summed E-state index contributed by atoms with van der Waals surface area (Å²) in [6.07, 6.45) is -3.88. The first-order valence-corrected chi connectivity index (χ1v) is 7.83. The van der Waals surface area contributed by atoms with Gasteiger partial charge in [-0.1, -0.05) is 11.6 Å². The van der Waals surface area contributed by atoms with Gasteiger partial charge < -0.3 is 9.64 Å². The van der Waals surface area contributed by atoms with E-state index in [2.05, 4.69) is 4.98 Å². The summed E-state index contributed by atoms with van der Waals surface area (Å²) in [6.45, 7) is 0.0299. The van der Waals surface area contributed by atoms with Crippen LogP contribution < -0.4 is 4.90 Å². The number of pyridine rings is 1. The van der Waals surface area contributed by atoms with Crippen molar-refractivity contribution < 1.29 is 27.6 Å². The van der Waals surface area contributed by atoms with Gasteiger partial charge in [0.2, 0.25) is 0 Å². The third kappa shape index (κ3) is 5.30. The number of anilines is 1. The van der Waals surface area contributed by atoms with Gasteiger partial charge in [-0.3, -0.25) is 10.1 Å². The minimum atomic E-state index is -4.55. The largest absolute Gasteiger partial charge is 0.460 e. The quantitative estimate of drug-likeness (QED) is 0.412. The van der Waals surface area contributed by atoms with E-state index in [9.17, 15) is 28.1 Å². The second-order valence-electron chi connectivity index (χ2n) is 5.39. The summed E-state index contributed by atoms with van der Waals surface area (Å²) in [7, 11) is 1.53. The van der Waals surface area contributed by atoms with Crippen LogP contribution in [0.1, 0.15) is 15.9 Å². The van der Waals surface area contributed by atoms with Gasteiger partial charge in [-0.05, 0) is 18.2 Å². The second-order valence-corrected chi connectivity index (χ2v) is 5.80. The number of nitro groups is 1. The van der Waals surface area contributed by atoms with Gasteiger partial charge in [0, 0.05) is 25.4 Å². The monoisotopic (exact) mass is 403 g/mol. The maximum absolute atomic E-state index is 12.6. The topological polar surface area (TPSA) is 85.6 Å². The number of ether oxygens (including phenoxy) is 1. The molecule has 0 fully saturated rings. The number of carbonyl (C=O) groups is 1. The normalized spacial score (nSPS) is 11.1. The van der Waals surface area contributed by atoms with Gasteiger partial charge in [0.25, 0.3) is 5.69 Å². The Labute approximate surface area is 156 Å². The molecule has 0 spiro atoms. The van der Waals surface area contributed by atoms with Gasteiger partial charge in [-0.2, -0.15) is 13.2 Å². The van der Waals surface area contributed by atoms with Crippen LogP contribution >= 0.6 is 11.6 Å². The minimum Gasteiger partial charge on any atom is -0.460 e. The van der Waals surface area contributed by atoms with E-state index in [-0.39, 0.29) is 35.2 Å². The standard InChI is InChI=1S/C16H13ClF3N3O4/c1-22(14-13(17)8-11(9-21-14)16(18,19)20)6-7-27-15(24)10-2-4-12(5-3-10)23(25)26/h2-5,8-9H,6-7H2,1H3. The Hall–Kier alpha value is -2.88. The molecule has 2 aromatic rings. The fraction of sp³-hybridized carbons (Fsp3) is 0.250. The van der Waals surface area contributed by atoms with E-state index in [0.29, 0.717) is 6.20 Å². The smallest absolute Gasteiger partial charge is 0.417 e. The average molecular weight is 404 g/mol. The average Bonchev–Trinajstić information content (AvgIpc) is 2.60. The van der Waals surface area contributed by atoms with Gasteiger partial charge in [0.15, 0.2) is 0 Å². The number of benzene rings is 1. The molecular weight excluding hydrogens is 391 g/mol. The van der Waals surface area contributed by atoms with Gasteiger partial charge in [0.1, 0.15) is 12.4 Å². The lowest BCUT2D eigenvalue weighted by atomic mass is 10.2. The van der Waals surface area contributed by atoms with Gasteiger partial charge in [-0.25, -0.2) is 9.78 Å². The van der Waals surface area contributed by atoms with E-state index in [4.69, 9.17) is 16.3 Å². The summed E-state index contributed by atoms with van der Waals surface area (Å²) in [5.41, 5.74) is -0.988. The zero-order valence-electron chi connectivity index (χ0n) is 13.9. The van der Waals surface area contributed by atoms with Crippen LogP contribution in [0.4, 0.5) is 24.7 Å². The van der Waals surface area contributed by atoms with E-state index in [0.717, 1.165) is 6.07 Å². The highest BCUT2D eigenvalue weighted by Crippen LogP contribution is 2.33. The van der Waals surface area contributed by atoms with Crippen LogP contribution in [0.3, 0.4) is 0 Å². The molecule has 0 radical (unpaired) electrons. The Balaban J connectivity index is 1.93. The van der Waals surface area contributed by atoms with Crippen LogP contribution in [-0.4, -0.2) is 36.1 Å². The molecule has 0 saturated heterocycles. The maximum atomic E-state index is 12.6. The zero-order valence-corrected chi connectivity index (χ0v) is 14.6. The fourth-order valence-corrected chi connectivity index (χ4v) is 2.36. The number of alkyl halides is 3. The van der Waals surface area contributed by atoms with Crippen molar-refractivity contribution in [2.45, 2.75) is 6.18 Å². The SMILES string of the molecule is CN(CCOC(=O)c1ccc([N+](=O)[O-])cc1)c1ncc(C(F)(F)F)cc1Cl. The first-order chi connectivity index (χ1) is 12.6. The third-order valence-electron chi connectivity index (χ3n) is 3.48. The number of nitro benzene ring substituents is 1. The van der Waals surface area contributed by atoms with Gasteiger partial charge in [-0.15, -0.1) is 0 Å². The molecule has 1 heterocycles. The molecule has 0 aliphatic carbocycles. The van der Waals surface area contributed by atoms with Crippen molar-refractivity contribution in [1.29, 1.82) is 0 Å². The summed E-state index contributed by atoms with van der Waals surface area (Å²) in [4.78, 5) is 27.0.